The molecular formula is C20H20F3N6O5PS-2. The molecule has 0 aliphatic rings. The minimum atomic E-state index is -4.78. The van der Waals surface area contributed by atoms with Crippen LogP contribution in [-0.4, -0.2) is 36.7 Å². The van der Waals surface area contributed by atoms with Gasteiger partial charge in [0.05, 0.1) is 6.26 Å². The first kappa shape index (κ1) is 27.3. The van der Waals surface area contributed by atoms with Crippen molar-refractivity contribution in [1.29, 1.82) is 0 Å². The van der Waals surface area contributed by atoms with Gasteiger partial charge in [-0.25, -0.2) is 18.4 Å². The van der Waals surface area contributed by atoms with Gasteiger partial charge in [-0.1, -0.05) is 25.8 Å². The van der Waals surface area contributed by atoms with Crippen LogP contribution in [0.5, 0.6) is 0 Å². The Hall–Kier alpha value is -3.26. The van der Waals surface area contributed by atoms with Gasteiger partial charge in [0.15, 0.2) is 0 Å². The SMILES string of the molecule is CN(c1ncccc1CNc1nc(Nc2ccc(CP(=O)([O-])[O-])cc2)ncc1C(F)(F)F)S(C)(=O)=O. The van der Waals surface area contributed by atoms with Crippen LogP contribution in [0, 0.1) is 0 Å². The van der Waals surface area contributed by atoms with Crippen LogP contribution in [0.4, 0.5) is 36.4 Å². The number of benzene rings is 1. The predicted molar refractivity (Wildman–Crippen MR) is 123 cm³/mol. The molecule has 0 aliphatic heterocycles. The molecule has 0 saturated heterocycles. The fraction of sp³-hybridized carbons (Fsp3) is 0.250. The van der Waals surface area contributed by atoms with Gasteiger partial charge >= 0.3 is 6.18 Å². The van der Waals surface area contributed by atoms with Crippen LogP contribution >= 0.6 is 7.60 Å². The van der Waals surface area contributed by atoms with Gasteiger partial charge in [0.1, 0.15) is 17.2 Å². The molecule has 2 N–H and O–H groups in total. The van der Waals surface area contributed by atoms with Gasteiger partial charge in [-0.2, -0.15) is 18.2 Å². The van der Waals surface area contributed by atoms with Crippen LogP contribution in [-0.2, 0) is 33.5 Å². The first-order valence-corrected chi connectivity index (χ1v) is 13.6. The zero-order chi connectivity index (χ0) is 26.7. The van der Waals surface area contributed by atoms with E-state index in [4.69, 9.17) is 0 Å². The van der Waals surface area contributed by atoms with E-state index in [1.54, 1.807) is 0 Å². The average molecular weight is 544 g/mol. The van der Waals surface area contributed by atoms with Gasteiger partial charge < -0.3 is 25.0 Å². The van der Waals surface area contributed by atoms with Crippen molar-refractivity contribution in [2.75, 3.05) is 28.2 Å². The minimum absolute atomic E-state index is 0.0364. The van der Waals surface area contributed by atoms with Crippen molar-refractivity contribution in [3.05, 3.63) is 65.5 Å². The van der Waals surface area contributed by atoms with Crippen LogP contribution in [0.15, 0.2) is 48.8 Å². The monoisotopic (exact) mass is 544 g/mol. The van der Waals surface area contributed by atoms with Crippen LogP contribution in [0.3, 0.4) is 0 Å². The van der Waals surface area contributed by atoms with Crippen molar-refractivity contribution in [3.8, 4) is 0 Å². The molecule has 194 valence electrons. The maximum Gasteiger partial charge on any atom is 0.421 e. The summed E-state index contributed by atoms with van der Waals surface area (Å²) in [5, 5.41) is 5.28. The van der Waals surface area contributed by atoms with E-state index >= 15 is 0 Å². The summed E-state index contributed by atoms with van der Waals surface area (Å²) in [6.07, 6.45) is -2.55. The van der Waals surface area contributed by atoms with Crippen molar-refractivity contribution in [2.24, 2.45) is 0 Å². The highest BCUT2D eigenvalue weighted by Crippen LogP contribution is 2.35. The minimum Gasteiger partial charge on any atom is -0.810 e. The average Bonchev–Trinajstić information content (AvgIpc) is 2.76. The van der Waals surface area contributed by atoms with Gasteiger partial charge in [0, 0.05) is 43.4 Å². The van der Waals surface area contributed by atoms with Crippen LogP contribution in [0.1, 0.15) is 16.7 Å². The molecule has 2 heterocycles. The fourth-order valence-electron chi connectivity index (χ4n) is 3.02. The molecule has 11 nitrogen and oxygen atoms in total. The number of aromatic nitrogens is 3. The number of nitrogens with one attached hydrogen (secondary N) is 2. The molecule has 0 atom stereocenters. The third-order valence-corrected chi connectivity index (χ3v) is 6.71. The lowest BCUT2D eigenvalue weighted by Gasteiger charge is -2.29. The Morgan fingerprint density at radius 2 is 1.78 bits per heavy atom. The molecule has 0 amide bonds. The Kier molecular flexibility index (Phi) is 7.88. The molecule has 2 aromatic heterocycles. The molecule has 3 aromatic rings. The first-order chi connectivity index (χ1) is 16.6. The number of anilines is 4. The van der Waals surface area contributed by atoms with E-state index in [0.717, 1.165) is 10.6 Å². The number of sulfonamides is 1. The summed E-state index contributed by atoms with van der Waals surface area (Å²) in [6, 6.07) is 8.60. The third kappa shape index (κ3) is 7.37. The highest BCUT2D eigenvalue weighted by Gasteiger charge is 2.35. The van der Waals surface area contributed by atoms with E-state index < -0.39 is 41.3 Å². The van der Waals surface area contributed by atoms with Crippen LogP contribution < -0.4 is 24.7 Å². The number of alkyl halides is 3. The molecule has 36 heavy (non-hydrogen) atoms. The van der Waals surface area contributed by atoms with E-state index in [9.17, 15) is 35.9 Å². The Morgan fingerprint density at radius 3 is 2.36 bits per heavy atom. The summed E-state index contributed by atoms with van der Waals surface area (Å²) in [4.78, 5) is 33.4. The molecule has 0 radical (unpaired) electrons. The standard InChI is InChI=1S/C20H22F3N6O5PS/c1-29(36(2,33)34)18-14(4-3-9-24-18)10-25-17-16(20(21,22)23)11-26-19(28-17)27-15-7-5-13(6-8-15)12-35(30,31)32/h3-9,11H,10,12H2,1-2H3,(H2,30,31,32)(H2,25,26,27,28)/p-2. The van der Waals surface area contributed by atoms with Gasteiger partial charge in [0.2, 0.25) is 16.0 Å². The zero-order valence-corrected chi connectivity index (χ0v) is 20.6. The van der Waals surface area contributed by atoms with Gasteiger partial charge in [-0.15, -0.1) is 0 Å². The second-order valence-corrected chi connectivity index (χ2v) is 11.2. The smallest absolute Gasteiger partial charge is 0.421 e. The Bertz CT molecular complexity index is 1380. The molecular weight excluding hydrogens is 524 g/mol. The Labute approximate surface area is 204 Å². The molecule has 16 heteroatoms. The van der Waals surface area contributed by atoms with E-state index in [2.05, 4.69) is 25.6 Å². The normalized spacial score (nSPS) is 12.3. The number of hydrogen-bond donors (Lipinski definition) is 2. The zero-order valence-electron chi connectivity index (χ0n) is 18.9. The lowest BCUT2D eigenvalue weighted by atomic mass is 10.2. The van der Waals surface area contributed by atoms with Crippen molar-refractivity contribution < 1.29 is 35.9 Å². The van der Waals surface area contributed by atoms with Crippen molar-refractivity contribution >= 4 is 40.9 Å². The predicted octanol–water partition coefficient (Wildman–Crippen LogP) is 2.06. The molecule has 3 rings (SSSR count). The number of halogens is 3. The van der Waals surface area contributed by atoms with E-state index in [0.29, 0.717) is 17.4 Å². The molecule has 0 bridgehead atoms. The molecule has 1 aromatic carbocycles. The molecule has 0 aliphatic carbocycles. The first-order valence-electron chi connectivity index (χ1n) is 10.1. The van der Waals surface area contributed by atoms with Crippen LogP contribution in [0.2, 0.25) is 0 Å². The summed E-state index contributed by atoms with van der Waals surface area (Å²) in [7, 11) is -7.15. The van der Waals surface area contributed by atoms with Crippen LogP contribution in [0.25, 0.3) is 0 Å². The lowest BCUT2D eigenvalue weighted by molar-refractivity contribution is -0.314. The van der Waals surface area contributed by atoms with E-state index in [-0.39, 0.29) is 23.9 Å². The molecule has 0 fully saturated rings. The third-order valence-electron chi connectivity index (χ3n) is 4.79. The van der Waals surface area contributed by atoms with Crippen molar-refractivity contribution in [1.82, 2.24) is 15.0 Å². The second kappa shape index (κ2) is 10.4. The van der Waals surface area contributed by atoms with E-state index in [1.165, 1.54) is 49.6 Å². The molecule has 0 unspecified atom stereocenters. The maximum atomic E-state index is 13.6. The summed E-state index contributed by atoms with van der Waals surface area (Å²) in [6.45, 7) is -0.234. The summed E-state index contributed by atoms with van der Waals surface area (Å²) in [5.74, 6) is -0.724. The highest BCUT2D eigenvalue weighted by molar-refractivity contribution is 7.92. The number of nitrogens with zero attached hydrogens (tertiary/aromatic N) is 4. The van der Waals surface area contributed by atoms with Crippen molar-refractivity contribution in [3.63, 3.8) is 0 Å². The van der Waals surface area contributed by atoms with Gasteiger partial charge in [-0.3, -0.25) is 4.31 Å². The topological polar surface area (TPSA) is 163 Å². The second-order valence-electron chi connectivity index (χ2n) is 7.61. The number of hydrogen-bond acceptors (Lipinski definition) is 10. The highest BCUT2D eigenvalue weighted by atomic mass is 32.2. The molecule has 0 saturated carbocycles. The quantitative estimate of drug-likeness (QED) is 0.381. The summed E-state index contributed by atoms with van der Waals surface area (Å²) in [5.41, 5.74) is -0.264. The number of pyridine rings is 1. The lowest BCUT2D eigenvalue weighted by Crippen LogP contribution is -2.27. The fourth-order valence-corrected chi connectivity index (χ4v) is 4.15. The number of rotatable bonds is 9. The molecule has 0 spiro atoms. The van der Waals surface area contributed by atoms with Gasteiger partial charge in [-0.05, 0) is 23.8 Å². The summed E-state index contributed by atoms with van der Waals surface area (Å²) < 4.78 is 76.3. The maximum absolute atomic E-state index is 13.6. The largest absolute Gasteiger partial charge is 0.810 e. The summed E-state index contributed by atoms with van der Waals surface area (Å²) >= 11 is 0. The van der Waals surface area contributed by atoms with Gasteiger partial charge in [0.25, 0.3) is 0 Å². The Balaban J connectivity index is 1.86. The van der Waals surface area contributed by atoms with Crippen molar-refractivity contribution in [2.45, 2.75) is 18.9 Å². The Morgan fingerprint density at radius 1 is 1.11 bits per heavy atom. The van der Waals surface area contributed by atoms with E-state index in [1.807, 2.05) is 0 Å².